The number of aromatic nitrogens is 1. The summed E-state index contributed by atoms with van der Waals surface area (Å²) in [6, 6.07) is 6.30. The number of nitrogens with one attached hydrogen (secondary N) is 1. The lowest BCUT2D eigenvalue weighted by Crippen LogP contribution is -1.97. The van der Waals surface area contributed by atoms with Gasteiger partial charge in [0.1, 0.15) is 6.26 Å². The minimum Gasteiger partial charge on any atom is -0.476 e. The van der Waals surface area contributed by atoms with Gasteiger partial charge in [-0.2, -0.15) is 4.98 Å². The van der Waals surface area contributed by atoms with Gasteiger partial charge in [0.2, 0.25) is 0 Å². The van der Waals surface area contributed by atoms with Gasteiger partial charge >= 0.3 is 5.97 Å². The number of aromatic carboxylic acids is 1. The Balaban J connectivity index is 1.81. The number of benzene rings is 1. The van der Waals surface area contributed by atoms with Crippen LogP contribution in [0.4, 0.5) is 11.7 Å². The molecule has 0 spiro atoms. The van der Waals surface area contributed by atoms with Crippen LogP contribution in [-0.4, -0.2) is 16.1 Å². The molecule has 18 heavy (non-hydrogen) atoms. The molecular weight excluding hydrogens is 232 g/mol. The Morgan fingerprint density at radius 2 is 2.17 bits per heavy atom. The summed E-state index contributed by atoms with van der Waals surface area (Å²) in [5.41, 5.74) is 3.50. The first kappa shape index (κ1) is 10.8. The van der Waals surface area contributed by atoms with Crippen LogP contribution in [0.3, 0.4) is 0 Å². The molecule has 0 atom stereocenters. The number of nitrogens with zero attached hydrogens (tertiary/aromatic N) is 1. The molecule has 1 aromatic heterocycles. The van der Waals surface area contributed by atoms with Crippen LogP contribution in [-0.2, 0) is 12.8 Å². The van der Waals surface area contributed by atoms with Crippen LogP contribution in [0.2, 0.25) is 0 Å². The van der Waals surface area contributed by atoms with Gasteiger partial charge in [0, 0.05) is 5.69 Å². The number of aryl methyl sites for hydroxylation is 2. The van der Waals surface area contributed by atoms with E-state index in [9.17, 15) is 4.79 Å². The van der Waals surface area contributed by atoms with Crippen molar-refractivity contribution in [1.29, 1.82) is 0 Å². The molecule has 92 valence electrons. The maximum Gasteiger partial charge on any atom is 0.357 e. The van der Waals surface area contributed by atoms with Crippen molar-refractivity contribution >= 4 is 17.7 Å². The maximum absolute atomic E-state index is 10.7. The topological polar surface area (TPSA) is 75.4 Å². The number of hydrogen-bond acceptors (Lipinski definition) is 4. The van der Waals surface area contributed by atoms with Crippen molar-refractivity contribution in [2.24, 2.45) is 0 Å². The lowest BCUT2D eigenvalue weighted by Gasteiger charge is -2.04. The molecule has 0 unspecified atom stereocenters. The molecule has 1 aromatic carbocycles. The second-order valence-electron chi connectivity index (χ2n) is 4.31. The fourth-order valence-corrected chi connectivity index (χ4v) is 2.20. The zero-order chi connectivity index (χ0) is 12.5. The average molecular weight is 244 g/mol. The Morgan fingerprint density at radius 3 is 2.94 bits per heavy atom. The molecule has 0 aliphatic heterocycles. The predicted molar refractivity (Wildman–Crippen MR) is 65.2 cm³/mol. The molecule has 0 saturated carbocycles. The number of carbonyl (C=O) groups is 1. The van der Waals surface area contributed by atoms with Gasteiger partial charge < -0.3 is 14.8 Å². The Labute approximate surface area is 103 Å². The number of rotatable bonds is 3. The lowest BCUT2D eigenvalue weighted by molar-refractivity contribution is 0.0690. The average Bonchev–Trinajstić information content (AvgIpc) is 2.96. The Hall–Kier alpha value is -2.30. The Morgan fingerprint density at radius 1 is 1.33 bits per heavy atom. The number of anilines is 2. The van der Waals surface area contributed by atoms with Gasteiger partial charge in [-0.1, -0.05) is 6.07 Å². The lowest BCUT2D eigenvalue weighted by atomic mass is 10.1. The largest absolute Gasteiger partial charge is 0.476 e. The van der Waals surface area contributed by atoms with Crippen molar-refractivity contribution in [3.05, 3.63) is 41.3 Å². The monoisotopic (exact) mass is 244 g/mol. The van der Waals surface area contributed by atoms with E-state index in [1.165, 1.54) is 17.5 Å². The summed E-state index contributed by atoms with van der Waals surface area (Å²) in [6.45, 7) is 0. The summed E-state index contributed by atoms with van der Waals surface area (Å²) in [5, 5.41) is 11.7. The van der Waals surface area contributed by atoms with Crippen LogP contribution in [0.5, 0.6) is 0 Å². The van der Waals surface area contributed by atoms with Crippen molar-refractivity contribution in [1.82, 2.24) is 4.98 Å². The minimum atomic E-state index is -1.10. The standard InChI is InChI=1S/C13H12N2O3/c16-12(17)11-7-18-13(15-11)14-10-5-4-8-2-1-3-9(8)6-10/h4-7H,1-3H2,(H,14,15)(H,16,17). The van der Waals surface area contributed by atoms with E-state index in [4.69, 9.17) is 9.52 Å². The molecule has 3 rings (SSSR count). The van der Waals surface area contributed by atoms with Gasteiger partial charge in [0.05, 0.1) is 0 Å². The molecular formula is C13H12N2O3. The molecule has 1 heterocycles. The number of hydrogen-bond donors (Lipinski definition) is 2. The maximum atomic E-state index is 10.7. The summed E-state index contributed by atoms with van der Waals surface area (Å²) in [6.07, 6.45) is 4.55. The fourth-order valence-electron chi connectivity index (χ4n) is 2.20. The number of oxazole rings is 1. The molecule has 0 fully saturated rings. The van der Waals surface area contributed by atoms with Crippen LogP contribution in [0, 0.1) is 0 Å². The number of fused-ring (bicyclic) bond motifs is 1. The smallest absolute Gasteiger partial charge is 0.357 e. The van der Waals surface area contributed by atoms with E-state index < -0.39 is 5.97 Å². The number of carboxylic acids is 1. The Bertz CT molecular complexity index is 604. The highest BCUT2D eigenvalue weighted by Crippen LogP contribution is 2.26. The van der Waals surface area contributed by atoms with Crippen molar-refractivity contribution < 1.29 is 14.3 Å². The molecule has 2 aromatic rings. The zero-order valence-corrected chi connectivity index (χ0v) is 9.64. The van der Waals surface area contributed by atoms with Crippen LogP contribution < -0.4 is 5.32 Å². The van der Waals surface area contributed by atoms with E-state index in [1.807, 2.05) is 6.07 Å². The van der Waals surface area contributed by atoms with Gasteiger partial charge in [0.15, 0.2) is 5.69 Å². The van der Waals surface area contributed by atoms with Crippen LogP contribution >= 0.6 is 0 Å². The van der Waals surface area contributed by atoms with E-state index in [-0.39, 0.29) is 11.7 Å². The highest BCUT2D eigenvalue weighted by atomic mass is 16.4. The molecule has 0 radical (unpaired) electrons. The van der Waals surface area contributed by atoms with Crippen LogP contribution in [0.1, 0.15) is 28.0 Å². The third kappa shape index (κ3) is 1.95. The number of carboxylic acid groups (broad SMARTS) is 1. The van der Waals surface area contributed by atoms with Crippen molar-refractivity contribution in [2.45, 2.75) is 19.3 Å². The van der Waals surface area contributed by atoms with E-state index in [2.05, 4.69) is 22.4 Å². The van der Waals surface area contributed by atoms with Gasteiger partial charge in [-0.05, 0) is 42.5 Å². The third-order valence-electron chi connectivity index (χ3n) is 3.07. The molecule has 0 amide bonds. The normalized spacial score (nSPS) is 13.3. The predicted octanol–water partition coefficient (Wildman–Crippen LogP) is 2.61. The highest BCUT2D eigenvalue weighted by Gasteiger charge is 2.13. The van der Waals surface area contributed by atoms with Gasteiger partial charge in [-0.15, -0.1) is 0 Å². The first-order chi connectivity index (χ1) is 8.72. The molecule has 0 saturated heterocycles. The molecule has 5 nitrogen and oxygen atoms in total. The van der Waals surface area contributed by atoms with E-state index in [1.54, 1.807) is 0 Å². The second kappa shape index (κ2) is 4.18. The Kier molecular flexibility index (Phi) is 2.51. The summed E-state index contributed by atoms with van der Waals surface area (Å²) in [7, 11) is 0. The van der Waals surface area contributed by atoms with Gasteiger partial charge in [-0.25, -0.2) is 4.79 Å². The highest BCUT2D eigenvalue weighted by molar-refractivity contribution is 5.85. The zero-order valence-electron chi connectivity index (χ0n) is 9.64. The molecule has 1 aliphatic carbocycles. The quantitative estimate of drug-likeness (QED) is 0.867. The van der Waals surface area contributed by atoms with Crippen molar-refractivity contribution in [3.63, 3.8) is 0 Å². The van der Waals surface area contributed by atoms with Gasteiger partial charge in [0.25, 0.3) is 6.01 Å². The van der Waals surface area contributed by atoms with Crippen molar-refractivity contribution in [3.8, 4) is 0 Å². The van der Waals surface area contributed by atoms with Crippen LogP contribution in [0.25, 0.3) is 0 Å². The second-order valence-corrected chi connectivity index (χ2v) is 4.31. The van der Waals surface area contributed by atoms with Gasteiger partial charge in [-0.3, -0.25) is 0 Å². The summed E-state index contributed by atoms with van der Waals surface area (Å²) >= 11 is 0. The molecule has 2 N–H and O–H groups in total. The first-order valence-corrected chi connectivity index (χ1v) is 5.80. The fraction of sp³-hybridized carbons (Fsp3) is 0.231. The van der Waals surface area contributed by atoms with Crippen LogP contribution in [0.15, 0.2) is 28.9 Å². The molecule has 0 bridgehead atoms. The first-order valence-electron chi connectivity index (χ1n) is 5.80. The SMILES string of the molecule is O=C(O)c1coc(Nc2ccc3c(c2)CCC3)n1. The minimum absolute atomic E-state index is 0.0985. The van der Waals surface area contributed by atoms with E-state index in [0.717, 1.165) is 24.8 Å². The van der Waals surface area contributed by atoms with E-state index in [0.29, 0.717) is 0 Å². The van der Waals surface area contributed by atoms with Crippen molar-refractivity contribution in [2.75, 3.05) is 5.32 Å². The summed E-state index contributed by atoms with van der Waals surface area (Å²) in [4.78, 5) is 14.5. The summed E-state index contributed by atoms with van der Waals surface area (Å²) < 4.78 is 5.05. The third-order valence-corrected chi connectivity index (χ3v) is 3.07. The molecule has 5 heteroatoms. The summed E-state index contributed by atoms with van der Waals surface area (Å²) in [5.74, 6) is -1.10. The molecule has 1 aliphatic rings. The van der Waals surface area contributed by atoms with E-state index >= 15 is 0 Å².